The molecule has 0 heterocycles. The Balaban J connectivity index is 4.25. The quantitative estimate of drug-likeness (QED) is 0.0261. The summed E-state index contributed by atoms with van der Waals surface area (Å²) in [6.07, 6.45) is 90.7. The van der Waals surface area contributed by atoms with Crippen molar-refractivity contribution >= 4 is 17.9 Å². The van der Waals surface area contributed by atoms with Crippen LogP contribution in [0, 0.1) is 0 Å². The number of hydrogen-bond acceptors (Lipinski definition) is 6. The molecule has 0 aliphatic carbocycles. The minimum atomic E-state index is -0.779. The van der Waals surface area contributed by atoms with E-state index in [9.17, 15) is 14.4 Å². The van der Waals surface area contributed by atoms with Crippen LogP contribution in [0.2, 0.25) is 0 Å². The van der Waals surface area contributed by atoms with Crippen molar-refractivity contribution in [1.82, 2.24) is 0 Å². The van der Waals surface area contributed by atoms with Gasteiger partial charge in [-0.1, -0.05) is 312 Å². The van der Waals surface area contributed by atoms with Gasteiger partial charge in [0.05, 0.1) is 0 Å². The summed E-state index contributed by atoms with van der Waals surface area (Å²) in [5.74, 6) is -0.865. The van der Waals surface area contributed by atoms with Gasteiger partial charge in [-0.25, -0.2) is 0 Å². The van der Waals surface area contributed by atoms with E-state index >= 15 is 0 Å². The van der Waals surface area contributed by atoms with Crippen LogP contribution in [-0.2, 0) is 28.6 Å². The van der Waals surface area contributed by atoms with E-state index in [4.69, 9.17) is 14.2 Å². The predicted molar refractivity (Wildman–Crippen MR) is 353 cm³/mol. The third-order valence-corrected chi connectivity index (χ3v) is 15.7. The third-order valence-electron chi connectivity index (χ3n) is 15.7. The molecule has 0 fully saturated rings. The van der Waals surface area contributed by atoms with Crippen molar-refractivity contribution in [3.05, 3.63) is 72.9 Å². The van der Waals surface area contributed by atoms with Gasteiger partial charge in [0.1, 0.15) is 13.2 Å². The average molecular weight is 1130 g/mol. The van der Waals surface area contributed by atoms with Crippen LogP contribution in [-0.4, -0.2) is 37.2 Å². The van der Waals surface area contributed by atoms with Crippen molar-refractivity contribution in [3.63, 3.8) is 0 Å². The standard InChI is InChI=1S/C75H134O6/c1-4-7-10-13-16-19-22-25-27-29-31-33-35-36-37-38-40-41-43-45-47-50-53-56-59-62-65-68-74(77)80-71-72(70-79-73(76)67-64-61-58-55-52-49-24-21-18-15-12-9-6-3)81-75(78)69-66-63-60-57-54-51-48-46-44-42-39-34-32-30-28-26-23-20-17-14-11-8-5-2/h7,10,16,19,21,24-25,27,30-33,72H,4-6,8-9,11-15,17-18,20,22-23,26,28-29,34-71H2,1-3H3/b10-7-,19-16-,24-21-,27-25-,32-30-,33-31-. The summed E-state index contributed by atoms with van der Waals surface area (Å²) in [4.78, 5) is 38.4. The summed E-state index contributed by atoms with van der Waals surface area (Å²) in [5, 5.41) is 0. The summed E-state index contributed by atoms with van der Waals surface area (Å²) in [5.41, 5.74) is 0. The van der Waals surface area contributed by atoms with E-state index in [0.29, 0.717) is 19.3 Å². The van der Waals surface area contributed by atoms with Gasteiger partial charge in [0.15, 0.2) is 6.10 Å². The van der Waals surface area contributed by atoms with Gasteiger partial charge in [-0.05, 0) is 109 Å². The lowest BCUT2D eigenvalue weighted by Crippen LogP contribution is -2.30. The summed E-state index contributed by atoms with van der Waals surface area (Å²) in [7, 11) is 0. The summed E-state index contributed by atoms with van der Waals surface area (Å²) in [6.45, 7) is 6.56. The van der Waals surface area contributed by atoms with Crippen LogP contribution in [0.4, 0.5) is 0 Å². The van der Waals surface area contributed by atoms with Crippen molar-refractivity contribution in [1.29, 1.82) is 0 Å². The molecule has 0 aromatic heterocycles. The molecule has 0 bridgehead atoms. The fourth-order valence-corrected chi connectivity index (χ4v) is 10.4. The molecule has 0 saturated carbocycles. The molecular formula is C75H134O6. The number of hydrogen-bond donors (Lipinski definition) is 0. The highest BCUT2D eigenvalue weighted by atomic mass is 16.6. The second-order valence-electron chi connectivity index (χ2n) is 23.8. The van der Waals surface area contributed by atoms with Gasteiger partial charge in [0.2, 0.25) is 0 Å². The van der Waals surface area contributed by atoms with Crippen LogP contribution in [0.25, 0.3) is 0 Å². The van der Waals surface area contributed by atoms with Crippen LogP contribution >= 0.6 is 0 Å². The fraction of sp³-hybridized carbons (Fsp3) is 0.800. The van der Waals surface area contributed by atoms with Gasteiger partial charge in [-0.3, -0.25) is 14.4 Å². The molecule has 0 saturated heterocycles. The largest absolute Gasteiger partial charge is 0.462 e. The van der Waals surface area contributed by atoms with E-state index in [-0.39, 0.29) is 31.1 Å². The first-order valence-corrected chi connectivity index (χ1v) is 35.4. The van der Waals surface area contributed by atoms with Crippen LogP contribution < -0.4 is 0 Å². The first-order chi connectivity index (χ1) is 40.0. The van der Waals surface area contributed by atoms with Crippen molar-refractivity contribution in [2.45, 2.75) is 374 Å². The Labute approximate surface area is 503 Å². The Bertz CT molecular complexity index is 1490. The van der Waals surface area contributed by atoms with Gasteiger partial charge in [-0.15, -0.1) is 0 Å². The highest BCUT2D eigenvalue weighted by molar-refractivity contribution is 5.71. The van der Waals surface area contributed by atoms with Gasteiger partial charge < -0.3 is 14.2 Å². The number of rotatable bonds is 65. The normalized spacial score (nSPS) is 12.5. The zero-order chi connectivity index (χ0) is 58.5. The zero-order valence-electron chi connectivity index (χ0n) is 54.1. The lowest BCUT2D eigenvalue weighted by Gasteiger charge is -2.18. The molecule has 0 rings (SSSR count). The zero-order valence-corrected chi connectivity index (χ0v) is 54.1. The molecule has 6 nitrogen and oxygen atoms in total. The first kappa shape index (κ1) is 77.9. The van der Waals surface area contributed by atoms with E-state index in [1.54, 1.807) is 0 Å². The minimum Gasteiger partial charge on any atom is -0.462 e. The number of allylic oxidation sites excluding steroid dienone is 12. The Kier molecular flexibility index (Phi) is 66.6. The Hall–Kier alpha value is -3.15. The predicted octanol–water partition coefficient (Wildman–Crippen LogP) is 24.4. The fourth-order valence-electron chi connectivity index (χ4n) is 10.4. The molecule has 0 spiro atoms. The van der Waals surface area contributed by atoms with Crippen molar-refractivity contribution in [2.24, 2.45) is 0 Å². The van der Waals surface area contributed by atoms with Gasteiger partial charge in [0.25, 0.3) is 0 Å². The summed E-state index contributed by atoms with van der Waals surface area (Å²) >= 11 is 0. The number of ether oxygens (including phenoxy) is 3. The Morgan fingerprint density at radius 3 is 0.778 bits per heavy atom. The molecule has 0 aromatic carbocycles. The van der Waals surface area contributed by atoms with Gasteiger partial charge in [0, 0.05) is 19.3 Å². The monoisotopic (exact) mass is 1130 g/mol. The molecule has 0 amide bonds. The Morgan fingerprint density at radius 2 is 0.481 bits per heavy atom. The molecule has 470 valence electrons. The highest BCUT2D eigenvalue weighted by Crippen LogP contribution is 2.18. The minimum absolute atomic E-state index is 0.0752. The van der Waals surface area contributed by atoms with Crippen molar-refractivity contribution in [3.8, 4) is 0 Å². The van der Waals surface area contributed by atoms with Crippen molar-refractivity contribution < 1.29 is 28.6 Å². The lowest BCUT2D eigenvalue weighted by atomic mass is 10.0. The molecule has 81 heavy (non-hydrogen) atoms. The maximum Gasteiger partial charge on any atom is 0.306 e. The number of unbranched alkanes of at least 4 members (excludes halogenated alkanes) is 42. The van der Waals surface area contributed by atoms with Gasteiger partial charge >= 0.3 is 17.9 Å². The maximum atomic E-state index is 13.0. The number of carbonyl (C=O) groups is 3. The molecule has 0 N–H and O–H groups in total. The number of carbonyl (C=O) groups excluding carboxylic acids is 3. The number of esters is 3. The molecule has 1 unspecified atom stereocenters. The lowest BCUT2D eigenvalue weighted by molar-refractivity contribution is -0.167. The topological polar surface area (TPSA) is 78.9 Å². The first-order valence-electron chi connectivity index (χ1n) is 35.4. The third kappa shape index (κ3) is 67.5. The molecular weight excluding hydrogens is 997 g/mol. The van der Waals surface area contributed by atoms with Crippen LogP contribution in [0.3, 0.4) is 0 Å². The van der Waals surface area contributed by atoms with Crippen LogP contribution in [0.1, 0.15) is 367 Å². The molecule has 0 aliphatic rings. The summed E-state index contributed by atoms with van der Waals surface area (Å²) < 4.78 is 17.0. The molecule has 0 aromatic rings. The maximum absolute atomic E-state index is 13.0. The van der Waals surface area contributed by atoms with Crippen molar-refractivity contribution in [2.75, 3.05) is 13.2 Å². The molecule has 0 aliphatic heterocycles. The van der Waals surface area contributed by atoms with E-state index in [2.05, 4.69) is 93.7 Å². The smallest absolute Gasteiger partial charge is 0.306 e. The van der Waals surface area contributed by atoms with E-state index in [1.165, 1.54) is 238 Å². The van der Waals surface area contributed by atoms with E-state index in [1.807, 2.05) is 0 Å². The highest BCUT2D eigenvalue weighted by Gasteiger charge is 2.19. The molecule has 0 radical (unpaired) electrons. The second-order valence-corrected chi connectivity index (χ2v) is 23.8. The SMILES string of the molecule is CC/C=C\C/C=C\C/C=C\C/C=C\CCCCCCCCCCCCCCCCC(=O)OCC(COC(=O)CCCCCCC/C=C\CCCCCC)OC(=O)CCCCCCCCCCCCC/C=C\CCCCCCCCCC. The molecule has 6 heteroatoms. The molecule has 1 atom stereocenters. The summed E-state index contributed by atoms with van der Waals surface area (Å²) in [6, 6.07) is 0. The average Bonchev–Trinajstić information content (AvgIpc) is 3.46. The van der Waals surface area contributed by atoms with E-state index < -0.39 is 6.10 Å². The van der Waals surface area contributed by atoms with Crippen LogP contribution in [0.15, 0.2) is 72.9 Å². The Morgan fingerprint density at radius 1 is 0.259 bits per heavy atom. The second kappa shape index (κ2) is 69.3. The van der Waals surface area contributed by atoms with E-state index in [0.717, 1.165) is 89.9 Å². The van der Waals surface area contributed by atoms with Crippen LogP contribution in [0.5, 0.6) is 0 Å². The van der Waals surface area contributed by atoms with Gasteiger partial charge in [-0.2, -0.15) is 0 Å².